The normalized spacial score (nSPS) is 30.4. The fourth-order valence-electron chi connectivity index (χ4n) is 1.06. The first kappa shape index (κ1) is 7.01. The number of carboxylic acid groups (broad SMARTS) is 1. The van der Waals surface area contributed by atoms with E-state index in [0.29, 0.717) is 8.58 Å². The number of aliphatic carboxylic acids is 1. The van der Waals surface area contributed by atoms with Crippen molar-refractivity contribution < 1.29 is 9.90 Å². The number of carbonyl (C=O) groups is 1. The summed E-state index contributed by atoms with van der Waals surface area (Å²) in [6, 6.07) is 0. The molecule has 0 radical (unpaired) electrons. The second-order valence-electron chi connectivity index (χ2n) is 2.34. The van der Waals surface area contributed by atoms with Crippen LogP contribution in [0.25, 0.3) is 0 Å². The van der Waals surface area contributed by atoms with Crippen LogP contribution in [0.1, 0.15) is 19.3 Å². The minimum absolute atomic E-state index is 0.00116. The molecule has 0 aromatic carbocycles. The fourth-order valence-corrected chi connectivity index (χ4v) is 2.45. The Morgan fingerprint density at radius 3 is 2.67 bits per heavy atom. The molecule has 2 unspecified atom stereocenters. The molecule has 0 aromatic rings. The molecular weight excluding hydrogens is 135 g/mol. The molecule has 1 aliphatic heterocycles. The third-order valence-corrected chi connectivity index (χ3v) is 3.28. The molecular formula is C6H11O2P. The molecule has 3 heteroatoms. The van der Waals surface area contributed by atoms with Crippen LogP contribution >= 0.6 is 8.58 Å². The average Bonchev–Trinajstić information content (AvgIpc) is 1.90. The first-order valence-corrected chi connectivity index (χ1v) is 4.55. The third-order valence-electron chi connectivity index (χ3n) is 1.61. The molecule has 2 atom stereocenters. The predicted octanol–water partition coefficient (Wildman–Crippen LogP) is 1.30. The van der Waals surface area contributed by atoms with E-state index in [0.717, 1.165) is 19.0 Å². The molecule has 1 N–H and O–H groups in total. The summed E-state index contributed by atoms with van der Waals surface area (Å²) in [6.45, 7) is 0. The van der Waals surface area contributed by atoms with E-state index < -0.39 is 5.97 Å². The van der Waals surface area contributed by atoms with Gasteiger partial charge in [0, 0.05) is 0 Å². The number of hydrogen-bond acceptors (Lipinski definition) is 1. The molecule has 0 aromatic heterocycles. The van der Waals surface area contributed by atoms with Gasteiger partial charge in [-0.25, -0.2) is 0 Å². The molecule has 52 valence electrons. The van der Waals surface area contributed by atoms with E-state index in [1.807, 2.05) is 0 Å². The summed E-state index contributed by atoms with van der Waals surface area (Å²) in [5, 5.41) is 8.55. The Bertz CT molecular complexity index is 108. The van der Waals surface area contributed by atoms with E-state index in [1.54, 1.807) is 0 Å². The highest BCUT2D eigenvalue weighted by Gasteiger charge is 2.19. The lowest BCUT2D eigenvalue weighted by Gasteiger charge is -2.16. The van der Waals surface area contributed by atoms with E-state index in [2.05, 4.69) is 0 Å². The van der Waals surface area contributed by atoms with Crippen molar-refractivity contribution in [3.63, 3.8) is 0 Å². The zero-order valence-electron chi connectivity index (χ0n) is 5.26. The SMILES string of the molecule is O=C(O)C1CCCCP1. The lowest BCUT2D eigenvalue weighted by Crippen LogP contribution is -2.18. The van der Waals surface area contributed by atoms with Crippen LogP contribution in [0.3, 0.4) is 0 Å². The highest BCUT2D eigenvalue weighted by atomic mass is 31.1. The molecule has 0 amide bonds. The van der Waals surface area contributed by atoms with E-state index >= 15 is 0 Å². The minimum atomic E-state index is -0.590. The molecule has 1 rings (SSSR count). The Morgan fingerprint density at radius 1 is 1.56 bits per heavy atom. The Kier molecular flexibility index (Phi) is 2.47. The van der Waals surface area contributed by atoms with E-state index in [-0.39, 0.29) is 5.66 Å². The maximum atomic E-state index is 10.4. The second kappa shape index (κ2) is 3.17. The number of carboxylic acids is 1. The molecule has 1 fully saturated rings. The van der Waals surface area contributed by atoms with Gasteiger partial charge in [0.25, 0.3) is 0 Å². The molecule has 1 aliphatic rings. The summed E-state index contributed by atoms with van der Waals surface area (Å²) in [4.78, 5) is 10.4. The largest absolute Gasteiger partial charge is 0.481 e. The van der Waals surface area contributed by atoms with Crippen LogP contribution in [-0.4, -0.2) is 22.9 Å². The Balaban J connectivity index is 2.31. The lowest BCUT2D eigenvalue weighted by atomic mass is 10.2. The van der Waals surface area contributed by atoms with Crippen LogP contribution in [0, 0.1) is 0 Å². The standard InChI is InChI=1S/C6H11O2P/c7-6(8)5-3-1-2-4-9-5/h5,9H,1-4H2,(H,7,8). The summed E-state index contributed by atoms with van der Waals surface area (Å²) in [5.74, 6) is -0.590. The third kappa shape index (κ3) is 1.94. The van der Waals surface area contributed by atoms with E-state index in [1.165, 1.54) is 6.42 Å². The minimum Gasteiger partial charge on any atom is -0.481 e. The van der Waals surface area contributed by atoms with Crippen LogP contribution in [0.4, 0.5) is 0 Å². The van der Waals surface area contributed by atoms with Gasteiger partial charge in [0.1, 0.15) is 0 Å². The molecule has 1 heterocycles. The van der Waals surface area contributed by atoms with Crippen molar-refractivity contribution in [1.29, 1.82) is 0 Å². The van der Waals surface area contributed by atoms with Gasteiger partial charge in [0.2, 0.25) is 0 Å². The second-order valence-corrected chi connectivity index (χ2v) is 3.95. The monoisotopic (exact) mass is 146 g/mol. The molecule has 0 aliphatic carbocycles. The van der Waals surface area contributed by atoms with Crippen LogP contribution in [0.15, 0.2) is 0 Å². The molecule has 0 bridgehead atoms. The van der Waals surface area contributed by atoms with Gasteiger partial charge in [0.05, 0.1) is 5.66 Å². The molecule has 9 heavy (non-hydrogen) atoms. The molecule has 2 nitrogen and oxygen atoms in total. The van der Waals surface area contributed by atoms with Gasteiger partial charge in [0.15, 0.2) is 0 Å². The van der Waals surface area contributed by atoms with Crippen molar-refractivity contribution >= 4 is 14.6 Å². The maximum absolute atomic E-state index is 10.4. The topological polar surface area (TPSA) is 37.3 Å². The molecule has 0 saturated carbocycles. The van der Waals surface area contributed by atoms with Gasteiger partial charge in [-0.1, -0.05) is 6.42 Å². The Labute approximate surface area is 56.4 Å². The van der Waals surface area contributed by atoms with Gasteiger partial charge in [-0.2, -0.15) is 0 Å². The van der Waals surface area contributed by atoms with Gasteiger partial charge >= 0.3 is 5.97 Å². The summed E-state index contributed by atoms with van der Waals surface area (Å²) >= 11 is 0. The van der Waals surface area contributed by atoms with Gasteiger partial charge in [-0.05, 0) is 19.0 Å². The van der Waals surface area contributed by atoms with Gasteiger partial charge in [-0.3, -0.25) is 4.79 Å². The van der Waals surface area contributed by atoms with Crippen LogP contribution in [0.5, 0.6) is 0 Å². The van der Waals surface area contributed by atoms with Crippen molar-refractivity contribution in [1.82, 2.24) is 0 Å². The quantitative estimate of drug-likeness (QED) is 0.566. The zero-order chi connectivity index (χ0) is 6.69. The molecule has 0 spiro atoms. The fraction of sp³-hybridized carbons (Fsp3) is 0.833. The highest BCUT2D eigenvalue weighted by molar-refractivity contribution is 7.40. The van der Waals surface area contributed by atoms with E-state index in [9.17, 15) is 4.79 Å². The first-order chi connectivity index (χ1) is 4.30. The smallest absolute Gasteiger partial charge is 0.310 e. The van der Waals surface area contributed by atoms with Crippen LogP contribution in [-0.2, 0) is 4.79 Å². The maximum Gasteiger partial charge on any atom is 0.310 e. The van der Waals surface area contributed by atoms with Crippen LogP contribution in [0.2, 0.25) is 0 Å². The number of hydrogen-bond donors (Lipinski definition) is 1. The van der Waals surface area contributed by atoms with Crippen molar-refractivity contribution in [3.05, 3.63) is 0 Å². The summed E-state index contributed by atoms with van der Waals surface area (Å²) < 4.78 is 0. The summed E-state index contributed by atoms with van der Waals surface area (Å²) in [5.41, 5.74) is -0.00116. The predicted molar refractivity (Wildman–Crippen MR) is 38.5 cm³/mol. The van der Waals surface area contributed by atoms with Crippen LogP contribution < -0.4 is 0 Å². The van der Waals surface area contributed by atoms with Gasteiger partial charge in [-0.15, -0.1) is 8.58 Å². The summed E-state index contributed by atoms with van der Waals surface area (Å²) in [7, 11) is 0.674. The Hall–Kier alpha value is -0.100. The molecule has 1 saturated heterocycles. The average molecular weight is 146 g/mol. The lowest BCUT2D eigenvalue weighted by molar-refractivity contribution is -0.136. The van der Waals surface area contributed by atoms with E-state index in [4.69, 9.17) is 5.11 Å². The Morgan fingerprint density at radius 2 is 2.33 bits per heavy atom. The summed E-state index contributed by atoms with van der Waals surface area (Å²) in [6.07, 6.45) is 4.40. The van der Waals surface area contributed by atoms with Gasteiger partial charge < -0.3 is 5.11 Å². The first-order valence-electron chi connectivity index (χ1n) is 3.27. The van der Waals surface area contributed by atoms with Crippen molar-refractivity contribution in [3.8, 4) is 0 Å². The number of rotatable bonds is 1. The van der Waals surface area contributed by atoms with Crippen molar-refractivity contribution in [2.45, 2.75) is 24.9 Å². The zero-order valence-corrected chi connectivity index (χ0v) is 6.26. The highest BCUT2D eigenvalue weighted by Crippen LogP contribution is 2.30. The van der Waals surface area contributed by atoms with Crippen molar-refractivity contribution in [2.75, 3.05) is 6.16 Å². The van der Waals surface area contributed by atoms with Crippen molar-refractivity contribution in [2.24, 2.45) is 0 Å².